The van der Waals surface area contributed by atoms with Gasteiger partial charge < -0.3 is 19.5 Å². The van der Waals surface area contributed by atoms with Crippen molar-refractivity contribution in [2.45, 2.75) is 13.0 Å². The summed E-state index contributed by atoms with van der Waals surface area (Å²) in [5.41, 5.74) is 1.11. The monoisotopic (exact) mass is 466 g/mol. The summed E-state index contributed by atoms with van der Waals surface area (Å²) in [6.07, 6.45) is 4.85. The number of halogens is 1. The molecule has 1 N–H and O–H groups in total. The van der Waals surface area contributed by atoms with Crippen molar-refractivity contribution in [1.29, 1.82) is 0 Å². The molecule has 1 aromatic carbocycles. The molecule has 2 aromatic heterocycles. The van der Waals surface area contributed by atoms with Crippen molar-refractivity contribution in [3.63, 3.8) is 0 Å². The first-order chi connectivity index (χ1) is 16.3. The number of nitrogens with zero attached hydrogens (tertiary/aromatic N) is 4. The summed E-state index contributed by atoms with van der Waals surface area (Å²) in [5, 5.41) is 10.7. The third kappa shape index (κ3) is 4.34. The molecule has 0 fully saturated rings. The number of hydrogen-bond acceptors (Lipinski definition) is 7. The Morgan fingerprint density at radius 3 is 2.74 bits per heavy atom. The van der Waals surface area contributed by atoms with Gasteiger partial charge in [0.25, 0.3) is 0 Å². The van der Waals surface area contributed by atoms with Crippen molar-refractivity contribution < 1.29 is 28.6 Å². The van der Waals surface area contributed by atoms with Crippen LogP contribution < -0.4 is 14.4 Å². The molecule has 1 aliphatic heterocycles. The van der Waals surface area contributed by atoms with E-state index in [1.165, 1.54) is 37.7 Å². The topological polar surface area (TPSA) is 105 Å². The zero-order valence-electron chi connectivity index (χ0n) is 18.9. The van der Waals surface area contributed by atoms with Crippen LogP contribution in [-0.2, 0) is 13.0 Å². The van der Waals surface area contributed by atoms with Crippen LogP contribution in [0.3, 0.4) is 0 Å². The molecule has 1 aliphatic rings. The average molecular weight is 466 g/mol. The SMILES string of the molecule is COc1cc2c(C(=O)/C=C/N(C)C)cnc(N(Cc3c(F)ccc4c3CCO4)C(=O)O)c2cn1. The molecule has 0 radical (unpaired) electrons. The number of anilines is 1. The van der Waals surface area contributed by atoms with Crippen LogP contribution in [0, 0.1) is 5.82 Å². The van der Waals surface area contributed by atoms with Crippen molar-refractivity contribution in [3.8, 4) is 11.6 Å². The maximum Gasteiger partial charge on any atom is 0.413 e. The van der Waals surface area contributed by atoms with Crippen LogP contribution in [0.4, 0.5) is 15.0 Å². The average Bonchev–Trinajstić information content (AvgIpc) is 3.30. The number of benzene rings is 1. The van der Waals surface area contributed by atoms with Crippen molar-refractivity contribution in [3.05, 3.63) is 65.4 Å². The van der Waals surface area contributed by atoms with Crippen LogP contribution in [0.15, 0.2) is 42.9 Å². The van der Waals surface area contributed by atoms with E-state index in [1.54, 1.807) is 31.3 Å². The van der Waals surface area contributed by atoms with Gasteiger partial charge in [0.05, 0.1) is 20.3 Å². The van der Waals surface area contributed by atoms with E-state index in [2.05, 4.69) is 9.97 Å². The summed E-state index contributed by atoms with van der Waals surface area (Å²) in [6.45, 7) is 0.122. The minimum atomic E-state index is -1.33. The first-order valence-electron chi connectivity index (χ1n) is 10.5. The molecule has 0 unspecified atom stereocenters. The van der Waals surface area contributed by atoms with Crippen LogP contribution >= 0.6 is 0 Å². The molecule has 1 amide bonds. The molecule has 10 heteroatoms. The highest BCUT2D eigenvalue weighted by Crippen LogP contribution is 2.34. The van der Waals surface area contributed by atoms with Gasteiger partial charge in [-0.05, 0) is 12.1 Å². The molecule has 0 spiro atoms. The number of rotatable bonds is 7. The molecule has 3 heterocycles. The maximum atomic E-state index is 14.7. The molecule has 9 nitrogen and oxygen atoms in total. The Morgan fingerprint density at radius 2 is 2.03 bits per heavy atom. The second-order valence-corrected chi connectivity index (χ2v) is 7.88. The number of allylic oxidation sites excluding steroid dienone is 1. The highest BCUT2D eigenvalue weighted by Gasteiger charge is 2.27. The normalized spacial score (nSPS) is 12.5. The van der Waals surface area contributed by atoms with Gasteiger partial charge in [-0.2, -0.15) is 0 Å². The van der Waals surface area contributed by atoms with Gasteiger partial charge in [-0.3, -0.25) is 9.69 Å². The van der Waals surface area contributed by atoms with Gasteiger partial charge in [0.2, 0.25) is 5.88 Å². The third-order valence-corrected chi connectivity index (χ3v) is 5.47. The van der Waals surface area contributed by atoms with E-state index >= 15 is 0 Å². The predicted octanol–water partition coefficient (Wildman–Crippen LogP) is 3.66. The molecule has 0 saturated heterocycles. The molecule has 3 aromatic rings. The number of carboxylic acid groups (broad SMARTS) is 1. The van der Waals surface area contributed by atoms with E-state index in [0.717, 1.165) is 4.90 Å². The number of aromatic nitrogens is 2. The Hall–Kier alpha value is -4.21. The van der Waals surface area contributed by atoms with Crippen LogP contribution in [-0.4, -0.2) is 59.7 Å². The lowest BCUT2D eigenvalue weighted by Crippen LogP contribution is -2.30. The molecule has 0 aliphatic carbocycles. The summed E-state index contributed by atoms with van der Waals surface area (Å²) in [5.74, 6) is -0.0281. The molecule has 176 valence electrons. The number of carbonyl (C=O) groups excluding carboxylic acids is 1. The molecular formula is C24H23FN4O5. The van der Waals surface area contributed by atoms with Gasteiger partial charge in [-0.25, -0.2) is 19.2 Å². The molecular weight excluding hydrogens is 443 g/mol. The lowest BCUT2D eigenvalue weighted by atomic mass is 10.0. The van der Waals surface area contributed by atoms with Crippen LogP contribution in [0.5, 0.6) is 11.6 Å². The van der Waals surface area contributed by atoms with Gasteiger partial charge in [-0.1, -0.05) is 0 Å². The summed E-state index contributed by atoms with van der Waals surface area (Å²) in [4.78, 5) is 36.2. The second-order valence-electron chi connectivity index (χ2n) is 7.88. The molecule has 4 rings (SSSR count). The quantitative estimate of drug-likeness (QED) is 0.416. The smallest absolute Gasteiger partial charge is 0.413 e. The fourth-order valence-electron chi connectivity index (χ4n) is 3.81. The Bertz CT molecular complexity index is 1310. The fourth-order valence-corrected chi connectivity index (χ4v) is 3.81. The third-order valence-electron chi connectivity index (χ3n) is 5.47. The molecule has 34 heavy (non-hydrogen) atoms. The van der Waals surface area contributed by atoms with E-state index < -0.39 is 11.9 Å². The van der Waals surface area contributed by atoms with Crippen molar-refractivity contribution in [2.24, 2.45) is 0 Å². The number of ether oxygens (including phenoxy) is 2. The minimum absolute atomic E-state index is 0.0294. The number of methoxy groups -OCH3 is 1. The Labute approximate surface area is 195 Å². The largest absolute Gasteiger partial charge is 0.493 e. The van der Waals surface area contributed by atoms with E-state index in [4.69, 9.17) is 9.47 Å². The van der Waals surface area contributed by atoms with E-state index in [0.29, 0.717) is 35.1 Å². The summed E-state index contributed by atoms with van der Waals surface area (Å²) in [7, 11) is 5.00. The molecule has 0 saturated carbocycles. The number of carbonyl (C=O) groups is 2. The minimum Gasteiger partial charge on any atom is -0.493 e. The molecule has 0 bridgehead atoms. The Balaban J connectivity index is 1.84. The lowest BCUT2D eigenvalue weighted by molar-refractivity contribution is 0.104. The zero-order valence-corrected chi connectivity index (χ0v) is 18.9. The highest BCUT2D eigenvalue weighted by atomic mass is 19.1. The van der Waals surface area contributed by atoms with E-state index in [-0.39, 0.29) is 35.2 Å². The van der Waals surface area contributed by atoms with E-state index in [9.17, 15) is 19.1 Å². The van der Waals surface area contributed by atoms with Crippen LogP contribution in [0.2, 0.25) is 0 Å². The lowest BCUT2D eigenvalue weighted by Gasteiger charge is -2.22. The van der Waals surface area contributed by atoms with Crippen molar-refractivity contribution in [1.82, 2.24) is 14.9 Å². The van der Waals surface area contributed by atoms with Gasteiger partial charge in [0.15, 0.2) is 5.78 Å². The number of hydrogen-bond donors (Lipinski definition) is 1. The number of ketones is 1. The Morgan fingerprint density at radius 1 is 1.24 bits per heavy atom. The summed E-state index contributed by atoms with van der Waals surface area (Å²) in [6, 6.07) is 4.35. The highest BCUT2D eigenvalue weighted by molar-refractivity contribution is 6.15. The van der Waals surface area contributed by atoms with Gasteiger partial charge in [0, 0.05) is 78.7 Å². The zero-order chi connectivity index (χ0) is 24.4. The maximum absolute atomic E-state index is 14.7. The van der Waals surface area contributed by atoms with Crippen molar-refractivity contribution >= 4 is 28.5 Å². The summed E-state index contributed by atoms with van der Waals surface area (Å²) < 4.78 is 25.4. The van der Waals surface area contributed by atoms with Gasteiger partial charge >= 0.3 is 6.09 Å². The van der Waals surface area contributed by atoms with Crippen LogP contribution in [0.25, 0.3) is 10.8 Å². The van der Waals surface area contributed by atoms with E-state index in [1.807, 2.05) is 0 Å². The van der Waals surface area contributed by atoms with Gasteiger partial charge in [-0.15, -0.1) is 0 Å². The number of amides is 1. The second kappa shape index (κ2) is 9.34. The fraction of sp³-hybridized carbons (Fsp3) is 0.250. The molecule has 0 atom stereocenters. The standard InChI is InChI=1S/C24H23FN4O5/c1-28(2)8-6-20(30)16-11-27-23(17-12-26-22(33-3)10-15(16)17)29(24(31)32)13-18-14-7-9-34-21(14)5-4-19(18)25/h4-6,8,10-12H,7,9,13H2,1-3H3,(H,31,32)/b8-6+. The van der Waals surface area contributed by atoms with Gasteiger partial charge in [0.1, 0.15) is 17.4 Å². The number of fused-ring (bicyclic) bond motifs is 2. The van der Waals surface area contributed by atoms with Crippen molar-refractivity contribution in [2.75, 3.05) is 32.7 Å². The predicted molar refractivity (Wildman–Crippen MR) is 123 cm³/mol. The first kappa shape index (κ1) is 23.0. The van der Waals surface area contributed by atoms with Crippen LogP contribution in [0.1, 0.15) is 21.5 Å². The first-order valence-corrected chi connectivity index (χ1v) is 10.5. The number of pyridine rings is 2. The Kier molecular flexibility index (Phi) is 6.31. The summed E-state index contributed by atoms with van der Waals surface area (Å²) >= 11 is 0.